The number of nitrogens with zero attached hydrogens (tertiary/aromatic N) is 2. The first kappa shape index (κ1) is 20.6. The lowest BCUT2D eigenvalue weighted by Crippen LogP contribution is -2.11. The van der Waals surface area contributed by atoms with Gasteiger partial charge in [-0.1, -0.05) is 72.8 Å². The summed E-state index contributed by atoms with van der Waals surface area (Å²) in [6.45, 7) is 4.63. The summed E-state index contributed by atoms with van der Waals surface area (Å²) >= 11 is 9.16. The molecule has 1 heterocycles. The van der Waals surface area contributed by atoms with Crippen molar-refractivity contribution in [2.24, 2.45) is 5.92 Å². The van der Waals surface area contributed by atoms with Crippen molar-refractivity contribution in [3.8, 4) is 5.75 Å². The topological polar surface area (TPSA) is 64.1 Å². The largest absolute Gasteiger partial charge is 0.489 e. The summed E-state index contributed by atoms with van der Waals surface area (Å²) < 4.78 is 6.63. The van der Waals surface area contributed by atoms with Gasteiger partial charge in [0.15, 0.2) is 4.34 Å². The molecule has 0 bridgehead atoms. The van der Waals surface area contributed by atoms with E-state index in [1.165, 1.54) is 11.3 Å². The number of aromatic nitrogens is 2. The lowest BCUT2D eigenvalue weighted by atomic mass is 10.2. The molecule has 0 aliphatic heterocycles. The Morgan fingerprint density at radius 2 is 2.04 bits per heavy atom. The van der Waals surface area contributed by atoms with Crippen LogP contribution in [0.1, 0.15) is 29.8 Å². The van der Waals surface area contributed by atoms with Crippen LogP contribution in [-0.2, 0) is 6.61 Å². The van der Waals surface area contributed by atoms with Crippen LogP contribution in [-0.4, -0.2) is 21.9 Å². The maximum atomic E-state index is 12.5. The monoisotopic (exact) mass is 433 g/mol. The number of benzene rings is 2. The van der Waals surface area contributed by atoms with Crippen molar-refractivity contribution in [1.29, 1.82) is 0 Å². The van der Waals surface area contributed by atoms with Crippen molar-refractivity contribution in [1.82, 2.24) is 10.2 Å². The summed E-state index contributed by atoms with van der Waals surface area (Å²) in [6, 6.07) is 14.5. The fourth-order valence-corrected chi connectivity index (χ4v) is 4.14. The third-order valence-electron chi connectivity index (χ3n) is 3.62. The van der Waals surface area contributed by atoms with Crippen LogP contribution in [0.3, 0.4) is 0 Å². The van der Waals surface area contributed by atoms with E-state index < -0.39 is 0 Å². The molecule has 0 aliphatic rings. The molecular weight excluding hydrogens is 414 g/mol. The molecule has 0 spiro atoms. The quantitative estimate of drug-likeness (QED) is 0.360. The molecule has 1 N–H and O–H groups in total. The first-order valence-corrected chi connectivity index (χ1v) is 10.9. The second-order valence-electron chi connectivity index (χ2n) is 6.44. The van der Waals surface area contributed by atoms with Gasteiger partial charge in [0.25, 0.3) is 5.91 Å². The predicted octanol–water partition coefficient (Wildman–Crippen LogP) is 5.77. The van der Waals surface area contributed by atoms with Gasteiger partial charge in [0.05, 0.1) is 0 Å². The fourth-order valence-electron chi connectivity index (χ4n) is 2.23. The average Bonchev–Trinajstić information content (AvgIpc) is 3.13. The smallest absolute Gasteiger partial charge is 0.257 e. The minimum absolute atomic E-state index is 0.250. The summed E-state index contributed by atoms with van der Waals surface area (Å²) in [7, 11) is 0. The van der Waals surface area contributed by atoms with Gasteiger partial charge in [-0.2, -0.15) is 0 Å². The maximum Gasteiger partial charge on any atom is 0.257 e. The van der Waals surface area contributed by atoms with Crippen molar-refractivity contribution in [2.45, 2.75) is 24.8 Å². The van der Waals surface area contributed by atoms with Crippen LogP contribution in [0.4, 0.5) is 5.13 Å². The molecular formula is C20H20ClN3O2S2. The first-order valence-electron chi connectivity index (χ1n) is 8.75. The van der Waals surface area contributed by atoms with Gasteiger partial charge in [0.2, 0.25) is 5.13 Å². The normalized spacial score (nSPS) is 10.9. The van der Waals surface area contributed by atoms with Gasteiger partial charge >= 0.3 is 0 Å². The Morgan fingerprint density at radius 3 is 2.82 bits per heavy atom. The molecule has 1 amide bonds. The van der Waals surface area contributed by atoms with E-state index >= 15 is 0 Å². The Kier molecular flexibility index (Phi) is 7.30. The number of thioether (sulfide) groups is 1. The summed E-state index contributed by atoms with van der Waals surface area (Å²) in [4.78, 5) is 12.5. The van der Waals surface area contributed by atoms with Crippen molar-refractivity contribution in [3.05, 3.63) is 64.7 Å². The third-order valence-corrected chi connectivity index (χ3v) is 6.38. The Labute approximate surface area is 177 Å². The van der Waals surface area contributed by atoms with E-state index in [1.807, 2.05) is 24.3 Å². The third kappa shape index (κ3) is 5.95. The molecule has 1 aromatic heterocycles. The Bertz CT molecular complexity index is 946. The number of halogens is 1. The van der Waals surface area contributed by atoms with Crippen molar-refractivity contribution < 1.29 is 9.53 Å². The van der Waals surface area contributed by atoms with E-state index in [0.717, 1.165) is 15.7 Å². The average molecular weight is 434 g/mol. The summed E-state index contributed by atoms with van der Waals surface area (Å²) in [5, 5.41) is 12.1. The van der Waals surface area contributed by atoms with Crippen LogP contribution < -0.4 is 10.1 Å². The van der Waals surface area contributed by atoms with Gasteiger partial charge < -0.3 is 4.74 Å². The molecule has 0 fully saturated rings. The molecule has 0 saturated heterocycles. The number of nitrogens with one attached hydrogen (secondary N) is 1. The number of ether oxygens (including phenoxy) is 1. The van der Waals surface area contributed by atoms with Crippen LogP contribution in [0.2, 0.25) is 5.02 Å². The highest BCUT2D eigenvalue weighted by Gasteiger charge is 2.12. The van der Waals surface area contributed by atoms with Crippen LogP contribution in [0.25, 0.3) is 0 Å². The molecule has 0 unspecified atom stereocenters. The summed E-state index contributed by atoms with van der Waals surface area (Å²) in [5.74, 6) is 1.88. The Hall–Kier alpha value is -2.09. The molecule has 2 aromatic carbocycles. The first-order chi connectivity index (χ1) is 13.5. The number of amides is 1. The molecule has 0 aliphatic carbocycles. The zero-order valence-corrected chi connectivity index (χ0v) is 17.9. The molecule has 3 rings (SSSR count). The van der Waals surface area contributed by atoms with Gasteiger partial charge in [-0.15, -0.1) is 10.2 Å². The van der Waals surface area contributed by atoms with Crippen LogP contribution >= 0.6 is 34.7 Å². The molecule has 28 heavy (non-hydrogen) atoms. The predicted molar refractivity (Wildman–Crippen MR) is 116 cm³/mol. The van der Waals surface area contributed by atoms with E-state index in [-0.39, 0.29) is 5.91 Å². The fraction of sp³-hybridized carbons (Fsp3) is 0.250. The Morgan fingerprint density at radius 1 is 1.21 bits per heavy atom. The van der Waals surface area contributed by atoms with Gasteiger partial charge in [0, 0.05) is 21.9 Å². The number of carbonyl (C=O) groups is 1. The SMILES string of the molecule is CC(C)CSc1nnc(NC(=O)c2cccc(OCc3ccccc3Cl)c2)s1. The van der Waals surface area contributed by atoms with E-state index in [4.69, 9.17) is 16.3 Å². The number of rotatable bonds is 8. The zero-order chi connectivity index (χ0) is 19.9. The highest BCUT2D eigenvalue weighted by atomic mass is 35.5. The number of carbonyl (C=O) groups excluding carboxylic acids is 1. The minimum Gasteiger partial charge on any atom is -0.489 e. The highest BCUT2D eigenvalue weighted by molar-refractivity contribution is 8.01. The van der Waals surface area contributed by atoms with E-state index in [1.54, 1.807) is 36.0 Å². The van der Waals surface area contributed by atoms with Crippen molar-refractivity contribution in [2.75, 3.05) is 11.1 Å². The molecule has 0 saturated carbocycles. The van der Waals surface area contributed by atoms with E-state index in [0.29, 0.717) is 34.0 Å². The minimum atomic E-state index is -0.250. The summed E-state index contributed by atoms with van der Waals surface area (Å²) in [5.41, 5.74) is 1.38. The van der Waals surface area contributed by atoms with Crippen LogP contribution in [0, 0.1) is 5.92 Å². The van der Waals surface area contributed by atoms with Crippen molar-refractivity contribution in [3.63, 3.8) is 0 Å². The molecule has 0 radical (unpaired) electrons. The van der Waals surface area contributed by atoms with Gasteiger partial charge in [-0.3, -0.25) is 10.1 Å². The molecule has 3 aromatic rings. The number of hydrogen-bond acceptors (Lipinski definition) is 6. The van der Waals surface area contributed by atoms with Gasteiger partial charge in [-0.05, 0) is 30.2 Å². The zero-order valence-electron chi connectivity index (χ0n) is 15.5. The molecule has 5 nitrogen and oxygen atoms in total. The van der Waals surface area contributed by atoms with Crippen LogP contribution in [0.15, 0.2) is 52.9 Å². The second-order valence-corrected chi connectivity index (χ2v) is 9.09. The van der Waals surface area contributed by atoms with E-state index in [9.17, 15) is 4.79 Å². The Balaban J connectivity index is 1.60. The number of anilines is 1. The second kappa shape index (κ2) is 9.91. The van der Waals surface area contributed by atoms with Crippen LogP contribution in [0.5, 0.6) is 5.75 Å². The van der Waals surface area contributed by atoms with Gasteiger partial charge in [-0.25, -0.2) is 0 Å². The molecule has 8 heteroatoms. The number of hydrogen-bond donors (Lipinski definition) is 1. The highest BCUT2D eigenvalue weighted by Crippen LogP contribution is 2.27. The molecule has 0 atom stereocenters. The lowest BCUT2D eigenvalue weighted by molar-refractivity contribution is 0.102. The van der Waals surface area contributed by atoms with Crippen molar-refractivity contribution >= 4 is 45.7 Å². The maximum absolute atomic E-state index is 12.5. The summed E-state index contributed by atoms with van der Waals surface area (Å²) in [6.07, 6.45) is 0. The standard InChI is InChI=1S/C20H20ClN3O2S2/c1-13(2)12-27-20-24-23-19(28-20)22-18(25)14-7-5-8-16(10-14)26-11-15-6-3-4-9-17(15)21/h3-10,13H,11-12H2,1-2H3,(H,22,23,25). The molecule has 146 valence electrons. The lowest BCUT2D eigenvalue weighted by Gasteiger charge is -2.09. The van der Waals surface area contributed by atoms with Gasteiger partial charge in [0.1, 0.15) is 12.4 Å². The van der Waals surface area contributed by atoms with E-state index in [2.05, 4.69) is 29.4 Å².